The molecular formula is C30H36F2N4O7S. The zero-order valence-corrected chi connectivity index (χ0v) is 26.3. The van der Waals surface area contributed by atoms with Gasteiger partial charge >= 0.3 is 12.2 Å². The van der Waals surface area contributed by atoms with E-state index in [0.29, 0.717) is 16.3 Å². The molecule has 11 nitrogen and oxygen atoms in total. The van der Waals surface area contributed by atoms with Gasteiger partial charge in [0.05, 0.1) is 31.1 Å². The van der Waals surface area contributed by atoms with Crippen LogP contribution in [0.15, 0.2) is 24.3 Å². The molecule has 238 valence electrons. The lowest BCUT2D eigenvalue weighted by molar-refractivity contribution is -0.159. The van der Waals surface area contributed by atoms with Crippen molar-refractivity contribution in [2.24, 2.45) is 0 Å². The van der Waals surface area contributed by atoms with Crippen LogP contribution < -0.4 is 9.80 Å². The van der Waals surface area contributed by atoms with Gasteiger partial charge in [-0.2, -0.15) is 4.37 Å². The summed E-state index contributed by atoms with van der Waals surface area (Å²) in [5, 5.41) is 0.515. The average Bonchev–Trinajstić information content (AvgIpc) is 3.63. The minimum atomic E-state index is -0.842. The maximum absolute atomic E-state index is 15.4. The Balaban J connectivity index is 1.27. The topological polar surface area (TPSA) is 111 Å². The highest BCUT2D eigenvalue weighted by molar-refractivity contribution is 7.10. The Morgan fingerprint density at radius 2 is 1.91 bits per heavy atom. The molecule has 2 atom stereocenters. The maximum atomic E-state index is 15.4. The van der Waals surface area contributed by atoms with Gasteiger partial charge in [0.2, 0.25) is 0 Å². The van der Waals surface area contributed by atoms with E-state index in [0.717, 1.165) is 28.6 Å². The van der Waals surface area contributed by atoms with E-state index in [1.807, 2.05) is 0 Å². The van der Waals surface area contributed by atoms with Gasteiger partial charge in [-0.3, -0.25) is 14.6 Å². The van der Waals surface area contributed by atoms with E-state index in [1.165, 1.54) is 4.90 Å². The van der Waals surface area contributed by atoms with Crippen molar-refractivity contribution >= 4 is 45.9 Å². The van der Waals surface area contributed by atoms with E-state index in [4.69, 9.17) is 18.9 Å². The van der Waals surface area contributed by atoms with Gasteiger partial charge in [0.1, 0.15) is 28.3 Å². The molecule has 5 rings (SSSR count). The summed E-state index contributed by atoms with van der Waals surface area (Å²) in [5.74, 6) is -2.76. The van der Waals surface area contributed by atoms with Crippen LogP contribution in [-0.4, -0.2) is 83.7 Å². The van der Waals surface area contributed by atoms with Gasteiger partial charge in [-0.15, -0.1) is 0 Å². The number of ether oxygens (including phenoxy) is 4. The molecule has 1 aromatic carbocycles. The minimum absolute atomic E-state index is 0.0112. The zero-order valence-electron chi connectivity index (χ0n) is 25.5. The standard InChI is InChI=1S/C30H36F2N4O7S/c1-17-11-24(44-33-17)36(28(39)43-29(2,3)4)15-20-14-35(27(38)41-20)19-12-21(31)25(22(32)13-19)18-7-9-34(10-8-18)26(37)23-16-40-30(5,6)42-23/h7,11-13,20,23H,8-10,14-16H2,1-6H3/t20-,23+/m1/s1. The fourth-order valence-electron chi connectivity index (χ4n) is 5.21. The van der Waals surface area contributed by atoms with Crippen LogP contribution in [0.1, 0.15) is 52.3 Å². The molecule has 4 heterocycles. The lowest BCUT2D eigenvalue weighted by atomic mass is 9.97. The molecule has 2 saturated heterocycles. The number of rotatable bonds is 6. The Kier molecular flexibility index (Phi) is 8.71. The molecule has 0 saturated carbocycles. The number of carbonyl (C=O) groups is 3. The second-order valence-corrected chi connectivity index (χ2v) is 13.2. The molecule has 44 heavy (non-hydrogen) atoms. The SMILES string of the molecule is Cc1cc(N(C[C@H]2CN(c3cc(F)c(C4=CCN(C(=O)[C@@H]5COC(C)(C)O5)CC4)c(F)c3)C(=O)O2)C(=O)OC(C)(C)C)sn1. The molecule has 1 aromatic heterocycles. The molecule has 0 aliphatic carbocycles. The second kappa shape index (κ2) is 12.1. The number of aryl methyl sites for hydroxylation is 1. The Hall–Kier alpha value is -3.62. The average molecular weight is 635 g/mol. The number of carbonyl (C=O) groups excluding carboxylic acids is 3. The molecule has 0 N–H and O–H groups in total. The molecule has 3 aliphatic heterocycles. The Labute approximate surface area is 258 Å². The number of halogens is 2. The molecule has 14 heteroatoms. The summed E-state index contributed by atoms with van der Waals surface area (Å²) in [6.07, 6.45) is -1.09. The van der Waals surface area contributed by atoms with Crippen molar-refractivity contribution in [3.63, 3.8) is 0 Å². The Bertz CT molecular complexity index is 1460. The first-order chi connectivity index (χ1) is 20.6. The first-order valence-corrected chi connectivity index (χ1v) is 15.1. The number of benzene rings is 1. The van der Waals surface area contributed by atoms with E-state index in [1.54, 1.807) is 58.6 Å². The van der Waals surface area contributed by atoms with Crippen LogP contribution >= 0.6 is 11.5 Å². The Morgan fingerprint density at radius 3 is 2.45 bits per heavy atom. The number of hydrogen-bond donors (Lipinski definition) is 0. The predicted molar refractivity (Wildman–Crippen MR) is 158 cm³/mol. The summed E-state index contributed by atoms with van der Waals surface area (Å²) in [5.41, 5.74) is 0.159. The fourth-order valence-corrected chi connectivity index (χ4v) is 5.97. The van der Waals surface area contributed by atoms with Crippen molar-refractivity contribution < 1.29 is 42.1 Å². The molecule has 0 unspecified atom stereocenters. The second-order valence-electron chi connectivity index (χ2n) is 12.4. The number of nitrogens with zero attached hydrogens (tertiary/aromatic N) is 4. The number of aromatic nitrogens is 1. The number of cyclic esters (lactones) is 1. The third-order valence-electron chi connectivity index (χ3n) is 7.22. The van der Waals surface area contributed by atoms with Crippen LogP contribution in [0.5, 0.6) is 0 Å². The van der Waals surface area contributed by atoms with Crippen molar-refractivity contribution in [3.05, 3.63) is 47.2 Å². The largest absolute Gasteiger partial charge is 0.443 e. The van der Waals surface area contributed by atoms with E-state index < -0.39 is 47.4 Å². The van der Waals surface area contributed by atoms with Crippen LogP contribution in [0.2, 0.25) is 0 Å². The highest BCUT2D eigenvalue weighted by atomic mass is 32.1. The van der Waals surface area contributed by atoms with E-state index in [2.05, 4.69) is 4.37 Å². The van der Waals surface area contributed by atoms with Crippen LogP contribution in [0.25, 0.3) is 5.57 Å². The first kappa shape index (κ1) is 31.8. The first-order valence-electron chi connectivity index (χ1n) is 14.3. The zero-order chi connectivity index (χ0) is 32.0. The fraction of sp³-hybridized carbons (Fsp3) is 0.533. The quantitative estimate of drug-likeness (QED) is 0.423. The van der Waals surface area contributed by atoms with Gasteiger partial charge in [-0.1, -0.05) is 6.08 Å². The molecule has 0 spiro atoms. The van der Waals surface area contributed by atoms with Crippen molar-refractivity contribution in [1.82, 2.24) is 9.27 Å². The van der Waals surface area contributed by atoms with Crippen LogP contribution in [0.3, 0.4) is 0 Å². The van der Waals surface area contributed by atoms with Crippen molar-refractivity contribution in [1.29, 1.82) is 0 Å². The number of anilines is 2. The summed E-state index contributed by atoms with van der Waals surface area (Å²) in [7, 11) is 0. The third kappa shape index (κ3) is 7.02. The van der Waals surface area contributed by atoms with Gasteiger partial charge in [-0.25, -0.2) is 18.4 Å². The molecule has 3 amide bonds. The van der Waals surface area contributed by atoms with E-state index >= 15 is 8.78 Å². The molecule has 0 bridgehead atoms. The highest BCUT2D eigenvalue weighted by Crippen LogP contribution is 2.34. The molecule has 2 aromatic rings. The van der Waals surface area contributed by atoms with Gasteiger partial charge in [0.25, 0.3) is 5.91 Å². The number of amides is 3. The summed E-state index contributed by atoms with van der Waals surface area (Å²) in [4.78, 5) is 42.7. The number of hydrogen-bond acceptors (Lipinski definition) is 9. The lowest BCUT2D eigenvalue weighted by Crippen LogP contribution is -2.43. The van der Waals surface area contributed by atoms with Gasteiger partial charge in [0, 0.05) is 18.7 Å². The van der Waals surface area contributed by atoms with Crippen molar-refractivity contribution in [3.8, 4) is 0 Å². The summed E-state index contributed by atoms with van der Waals surface area (Å²) < 4.78 is 57.2. The van der Waals surface area contributed by atoms with Crippen LogP contribution in [0.4, 0.5) is 29.1 Å². The lowest BCUT2D eigenvalue weighted by Gasteiger charge is -2.29. The summed E-state index contributed by atoms with van der Waals surface area (Å²) in [6.45, 7) is 11.0. The van der Waals surface area contributed by atoms with Gasteiger partial charge in [-0.05, 0) is 83.3 Å². The molecule has 3 aliphatic rings. The predicted octanol–water partition coefficient (Wildman–Crippen LogP) is 5.26. The molecule has 2 fully saturated rings. The van der Waals surface area contributed by atoms with Crippen LogP contribution in [-0.2, 0) is 23.7 Å². The summed E-state index contributed by atoms with van der Waals surface area (Å²) in [6, 6.07) is 3.90. The van der Waals surface area contributed by atoms with E-state index in [-0.39, 0.29) is 56.4 Å². The van der Waals surface area contributed by atoms with Gasteiger partial charge in [0.15, 0.2) is 11.9 Å². The maximum Gasteiger partial charge on any atom is 0.415 e. The minimum Gasteiger partial charge on any atom is -0.443 e. The van der Waals surface area contributed by atoms with Crippen LogP contribution in [0, 0.1) is 18.6 Å². The monoisotopic (exact) mass is 634 g/mol. The highest BCUT2D eigenvalue weighted by Gasteiger charge is 2.40. The smallest absolute Gasteiger partial charge is 0.415 e. The molecule has 0 radical (unpaired) electrons. The van der Waals surface area contributed by atoms with Crippen molar-refractivity contribution in [2.75, 3.05) is 42.6 Å². The normalized spacial score (nSPS) is 21.7. The van der Waals surface area contributed by atoms with E-state index in [9.17, 15) is 14.4 Å². The Morgan fingerprint density at radius 1 is 1.20 bits per heavy atom. The summed E-state index contributed by atoms with van der Waals surface area (Å²) >= 11 is 1.10. The third-order valence-corrected chi connectivity index (χ3v) is 8.12. The molecular weight excluding hydrogens is 598 g/mol. The van der Waals surface area contributed by atoms with Gasteiger partial charge < -0.3 is 23.8 Å². The van der Waals surface area contributed by atoms with Crippen molar-refractivity contribution in [2.45, 2.75) is 71.6 Å².